The minimum atomic E-state index is 0.0528. The number of unbranched alkanes of at least 4 members (excludes halogenated alkanes) is 1. The standard InChI is InChI=1S/C14H25N5O2S/c1-3-5-6-15-12(20)11-22-14-17-16-13(19(14)4-2)18-7-9-21-10-8-18/h3-11H2,1-2H3,(H,15,20). The Kier molecular flexibility index (Phi) is 6.98. The number of hydrogen-bond donors (Lipinski definition) is 1. The molecule has 0 radical (unpaired) electrons. The first-order chi connectivity index (χ1) is 10.8. The number of carbonyl (C=O) groups is 1. The summed E-state index contributed by atoms with van der Waals surface area (Å²) >= 11 is 1.44. The van der Waals surface area contributed by atoms with Crippen molar-refractivity contribution >= 4 is 23.6 Å². The molecule has 2 rings (SSSR count). The fourth-order valence-electron chi connectivity index (χ4n) is 2.25. The van der Waals surface area contributed by atoms with Crippen molar-refractivity contribution in [1.29, 1.82) is 0 Å². The molecule has 0 unspecified atom stereocenters. The van der Waals surface area contributed by atoms with Gasteiger partial charge in [-0.3, -0.25) is 9.36 Å². The quantitative estimate of drug-likeness (QED) is 0.570. The van der Waals surface area contributed by atoms with Gasteiger partial charge in [-0.05, 0) is 13.3 Å². The Labute approximate surface area is 135 Å². The molecule has 1 fully saturated rings. The Bertz CT molecular complexity index is 474. The van der Waals surface area contributed by atoms with E-state index in [-0.39, 0.29) is 5.91 Å². The largest absolute Gasteiger partial charge is 0.378 e. The highest BCUT2D eigenvalue weighted by atomic mass is 32.2. The first-order valence-electron chi connectivity index (χ1n) is 7.91. The average Bonchev–Trinajstić information content (AvgIpc) is 2.97. The molecule has 22 heavy (non-hydrogen) atoms. The molecule has 1 aliphatic rings. The second-order valence-corrected chi connectivity index (χ2v) is 6.06. The summed E-state index contributed by atoms with van der Waals surface area (Å²) < 4.78 is 7.43. The van der Waals surface area contributed by atoms with E-state index in [2.05, 4.69) is 38.8 Å². The first kappa shape index (κ1) is 17.1. The molecule has 0 aliphatic carbocycles. The van der Waals surface area contributed by atoms with Gasteiger partial charge in [-0.1, -0.05) is 25.1 Å². The lowest BCUT2D eigenvalue weighted by atomic mass is 10.3. The number of thioether (sulfide) groups is 1. The fourth-order valence-corrected chi connectivity index (χ4v) is 3.07. The molecule has 1 saturated heterocycles. The molecule has 124 valence electrons. The van der Waals surface area contributed by atoms with Crippen molar-refractivity contribution in [1.82, 2.24) is 20.1 Å². The van der Waals surface area contributed by atoms with E-state index in [0.29, 0.717) is 5.75 Å². The molecule has 7 nitrogen and oxygen atoms in total. The van der Waals surface area contributed by atoms with Gasteiger partial charge in [-0.25, -0.2) is 0 Å². The predicted molar refractivity (Wildman–Crippen MR) is 87.4 cm³/mol. The molecule has 0 spiro atoms. The zero-order valence-corrected chi connectivity index (χ0v) is 14.2. The molecule has 1 aliphatic heterocycles. The molecule has 0 bridgehead atoms. The van der Waals surface area contributed by atoms with E-state index in [9.17, 15) is 4.79 Å². The first-order valence-corrected chi connectivity index (χ1v) is 8.90. The Morgan fingerprint density at radius 1 is 1.32 bits per heavy atom. The summed E-state index contributed by atoms with van der Waals surface area (Å²) in [4.78, 5) is 14.0. The van der Waals surface area contributed by atoms with Crippen molar-refractivity contribution in [3.05, 3.63) is 0 Å². The van der Waals surface area contributed by atoms with Gasteiger partial charge in [0.05, 0.1) is 19.0 Å². The van der Waals surface area contributed by atoms with E-state index in [1.165, 1.54) is 11.8 Å². The van der Waals surface area contributed by atoms with Gasteiger partial charge < -0.3 is 15.0 Å². The predicted octanol–water partition coefficient (Wildman–Crippen LogP) is 1.14. The van der Waals surface area contributed by atoms with Gasteiger partial charge in [0.25, 0.3) is 0 Å². The summed E-state index contributed by atoms with van der Waals surface area (Å²) in [5.41, 5.74) is 0. The van der Waals surface area contributed by atoms with Crippen molar-refractivity contribution < 1.29 is 9.53 Å². The molecule has 0 saturated carbocycles. The fraction of sp³-hybridized carbons (Fsp3) is 0.786. The van der Waals surface area contributed by atoms with Gasteiger partial charge >= 0.3 is 0 Å². The Balaban J connectivity index is 1.91. The van der Waals surface area contributed by atoms with Crippen LogP contribution in [-0.2, 0) is 16.1 Å². The van der Waals surface area contributed by atoms with Crippen LogP contribution in [0.4, 0.5) is 5.95 Å². The molecule has 1 aromatic heterocycles. The number of aromatic nitrogens is 3. The van der Waals surface area contributed by atoms with Crippen LogP contribution >= 0.6 is 11.8 Å². The number of nitrogens with one attached hydrogen (secondary N) is 1. The summed E-state index contributed by atoms with van der Waals surface area (Å²) in [5, 5.41) is 12.3. The van der Waals surface area contributed by atoms with Crippen LogP contribution in [0.1, 0.15) is 26.7 Å². The number of rotatable bonds is 8. The van der Waals surface area contributed by atoms with Crippen LogP contribution in [0.15, 0.2) is 5.16 Å². The van der Waals surface area contributed by atoms with E-state index in [1.54, 1.807) is 0 Å². The highest BCUT2D eigenvalue weighted by Crippen LogP contribution is 2.22. The number of carbonyl (C=O) groups excluding carboxylic acids is 1. The van der Waals surface area contributed by atoms with Crippen LogP contribution in [0.25, 0.3) is 0 Å². The molecular weight excluding hydrogens is 302 g/mol. The van der Waals surface area contributed by atoms with Crippen molar-refractivity contribution in [2.45, 2.75) is 38.4 Å². The van der Waals surface area contributed by atoms with Gasteiger partial charge in [0.2, 0.25) is 11.9 Å². The maximum absolute atomic E-state index is 11.8. The molecular formula is C14H25N5O2S. The Hall–Kier alpha value is -1.28. The smallest absolute Gasteiger partial charge is 0.230 e. The SMILES string of the molecule is CCCCNC(=O)CSc1nnc(N2CCOCC2)n1CC. The van der Waals surface area contributed by atoms with E-state index in [4.69, 9.17) is 4.74 Å². The summed E-state index contributed by atoms with van der Waals surface area (Å²) in [7, 11) is 0. The number of morpholine rings is 1. The van der Waals surface area contributed by atoms with E-state index in [0.717, 1.165) is 63.3 Å². The molecule has 1 amide bonds. The number of nitrogens with zero attached hydrogens (tertiary/aromatic N) is 4. The van der Waals surface area contributed by atoms with Gasteiger partial charge in [0, 0.05) is 26.2 Å². The number of ether oxygens (including phenoxy) is 1. The van der Waals surface area contributed by atoms with Crippen LogP contribution in [0, 0.1) is 0 Å². The third kappa shape index (κ3) is 4.61. The highest BCUT2D eigenvalue weighted by Gasteiger charge is 2.20. The zero-order valence-electron chi connectivity index (χ0n) is 13.4. The molecule has 8 heteroatoms. The maximum atomic E-state index is 11.8. The lowest BCUT2D eigenvalue weighted by Gasteiger charge is -2.27. The lowest BCUT2D eigenvalue weighted by Crippen LogP contribution is -2.38. The van der Waals surface area contributed by atoms with Gasteiger partial charge in [-0.2, -0.15) is 0 Å². The normalized spacial score (nSPS) is 15.1. The maximum Gasteiger partial charge on any atom is 0.230 e. The zero-order chi connectivity index (χ0) is 15.8. The average molecular weight is 327 g/mol. The third-order valence-corrected chi connectivity index (χ3v) is 4.46. The van der Waals surface area contributed by atoms with Gasteiger partial charge in [0.1, 0.15) is 0 Å². The monoisotopic (exact) mass is 327 g/mol. The third-order valence-electron chi connectivity index (χ3n) is 3.49. The van der Waals surface area contributed by atoms with Crippen LogP contribution in [0.5, 0.6) is 0 Å². The van der Waals surface area contributed by atoms with Crippen molar-refractivity contribution in [2.75, 3.05) is 43.5 Å². The highest BCUT2D eigenvalue weighted by molar-refractivity contribution is 7.99. The van der Waals surface area contributed by atoms with Gasteiger partial charge in [0.15, 0.2) is 5.16 Å². The van der Waals surface area contributed by atoms with Crippen molar-refractivity contribution in [3.63, 3.8) is 0 Å². The molecule has 2 heterocycles. The van der Waals surface area contributed by atoms with Crippen molar-refractivity contribution in [2.24, 2.45) is 0 Å². The molecule has 0 aromatic carbocycles. The summed E-state index contributed by atoms with van der Waals surface area (Å²) in [6.45, 7) is 8.82. The summed E-state index contributed by atoms with van der Waals surface area (Å²) in [5.74, 6) is 1.31. The van der Waals surface area contributed by atoms with E-state index < -0.39 is 0 Å². The minimum absolute atomic E-state index is 0.0528. The Morgan fingerprint density at radius 3 is 2.77 bits per heavy atom. The van der Waals surface area contributed by atoms with E-state index >= 15 is 0 Å². The topological polar surface area (TPSA) is 72.3 Å². The van der Waals surface area contributed by atoms with Crippen LogP contribution in [0.2, 0.25) is 0 Å². The van der Waals surface area contributed by atoms with Crippen LogP contribution in [-0.4, -0.2) is 59.3 Å². The number of hydrogen-bond acceptors (Lipinski definition) is 6. The lowest BCUT2D eigenvalue weighted by molar-refractivity contribution is -0.118. The van der Waals surface area contributed by atoms with Crippen LogP contribution < -0.4 is 10.2 Å². The Morgan fingerprint density at radius 2 is 2.09 bits per heavy atom. The van der Waals surface area contributed by atoms with Gasteiger partial charge in [-0.15, -0.1) is 10.2 Å². The summed E-state index contributed by atoms with van der Waals surface area (Å²) in [6, 6.07) is 0. The second-order valence-electron chi connectivity index (χ2n) is 5.12. The van der Waals surface area contributed by atoms with Crippen LogP contribution in [0.3, 0.4) is 0 Å². The van der Waals surface area contributed by atoms with E-state index in [1.807, 2.05) is 0 Å². The van der Waals surface area contributed by atoms with Crippen molar-refractivity contribution in [3.8, 4) is 0 Å². The number of anilines is 1. The second kappa shape index (κ2) is 8.99. The molecule has 1 aromatic rings. The minimum Gasteiger partial charge on any atom is -0.378 e. The molecule has 0 atom stereocenters. The summed E-state index contributed by atoms with van der Waals surface area (Å²) in [6.07, 6.45) is 2.10. The molecule has 1 N–H and O–H groups in total. The number of amides is 1.